The summed E-state index contributed by atoms with van der Waals surface area (Å²) in [5.74, 6) is -2.78. The molecule has 0 saturated heterocycles. The zero-order valence-electron chi connectivity index (χ0n) is 15.2. The summed E-state index contributed by atoms with van der Waals surface area (Å²) in [5, 5.41) is 16.9. The van der Waals surface area contributed by atoms with Crippen LogP contribution in [0.15, 0.2) is 60.7 Å². The molecule has 0 amide bonds. The molecule has 0 saturated carbocycles. The average Bonchev–Trinajstić information content (AvgIpc) is 2.67. The van der Waals surface area contributed by atoms with Gasteiger partial charge in [-0.1, -0.05) is 60.7 Å². The molecule has 2 aromatic carbocycles. The molecule has 0 radical (unpaired) electrons. The van der Waals surface area contributed by atoms with Crippen LogP contribution >= 0.6 is 0 Å². The van der Waals surface area contributed by atoms with Crippen molar-refractivity contribution < 1.29 is 29.3 Å². The highest BCUT2D eigenvalue weighted by Gasteiger charge is 2.18. The number of aliphatic carboxylic acids is 2. The van der Waals surface area contributed by atoms with Gasteiger partial charge in [0.15, 0.2) is 0 Å². The Labute approximate surface area is 162 Å². The number of benzene rings is 2. The summed E-state index contributed by atoms with van der Waals surface area (Å²) >= 11 is 0. The monoisotopic (exact) mass is 388 g/mol. The van der Waals surface area contributed by atoms with Crippen LogP contribution in [0, 0.1) is 0 Å². The van der Waals surface area contributed by atoms with Gasteiger partial charge in [-0.25, -0.2) is 0 Å². The maximum atomic E-state index is 11.2. The van der Waals surface area contributed by atoms with E-state index in [1.165, 1.54) is 0 Å². The van der Waals surface area contributed by atoms with Crippen molar-refractivity contribution in [3.8, 4) is 0 Å². The zero-order valence-corrected chi connectivity index (χ0v) is 15.2. The number of hydrogen-bond acceptors (Lipinski definition) is 6. The molecule has 0 aliphatic rings. The van der Waals surface area contributed by atoms with E-state index in [1.54, 1.807) is 12.1 Å². The van der Waals surface area contributed by atoms with Gasteiger partial charge in [-0.2, -0.15) is 0 Å². The van der Waals surface area contributed by atoms with E-state index < -0.39 is 36.4 Å². The van der Waals surface area contributed by atoms with Crippen LogP contribution in [0.5, 0.6) is 0 Å². The smallest absolute Gasteiger partial charge is 0.323 e. The predicted molar refractivity (Wildman–Crippen MR) is 102 cm³/mol. The van der Waals surface area contributed by atoms with Gasteiger partial charge in [0.2, 0.25) is 0 Å². The molecule has 0 unspecified atom stereocenters. The Bertz CT molecular complexity index is 752. The van der Waals surface area contributed by atoms with E-state index in [1.807, 2.05) is 48.5 Å². The second-order valence-corrected chi connectivity index (χ2v) is 5.93. The van der Waals surface area contributed by atoms with Crippen molar-refractivity contribution in [3.63, 3.8) is 0 Å². The minimum absolute atomic E-state index is 0.104. The molecule has 2 atom stereocenters. The van der Waals surface area contributed by atoms with Crippen molar-refractivity contribution in [3.05, 3.63) is 71.8 Å². The van der Waals surface area contributed by atoms with Crippen LogP contribution in [0.25, 0.3) is 0 Å². The Morgan fingerprint density at radius 2 is 1.32 bits per heavy atom. The number of esters is 1. The zero-order chi connectivity index (χ0) is 20.9. The molecule has 0 heterocycles. The third-order valence-corrected chi connectivity index (χ3v) is 3.54. The van der Waals surface area contributed by atoms with Crippen LogP contribution in [-0.2, 0) is 32.1 Å². The Balaban J connectivity index is 0.000000292. The molecular weight excluding hydrogens is 364 g/mol. The van der Waals surface area contributed by atoms with Gasteiger partial charge in [0.25, 0.3) is 0 Å². The fraction of sp³-hybridized carbons (Fsp3) is 0.250. The minimum Gasteiger partial charge on any atom is -0.481 e. The second-order valence-electron chi connectivity index (χ2n) is 5.93. The van der Waals surface area contributed by atoms with E-state index in [0.717, 1.165) is 11.1 Å². The third-order valence-electron chi connectivity index (χ3n) is 3.54. The lowest BCUT2D eigenvalue weighted by molar-refractivity contribution is -0.150. The SMILES string of the molecule is N[C@@H](CC(=O)O)C(=O)OCc1ccccc1.N[C@@H](Cc1ccccc1)C(=O)O. The summed E-state index contributed by atoms with van der Waals surface area (Å²) in [4.78, 5) is 31.9. The number of carbonyl (C=O) groups excluding carboxylic acids is 1. The summed E-state index contributed by atoms with van der Waals surface area (Å²) in [6, 6.07) is 16.5. The standard InChI is InChI=1S/C11H13NO4.C9H11NO2/c12-9(6-10(13)14)11(15)16-7-8-4-2-1-3-5-8;10-8(9(11)12)6-7-4-2-1-3-5-7/h1-5,9H,6-7,12H2,(H,13,14);1-5,8H,6,10H2,(H,11,12)/t9-;8-/m00/s1. The van der Waals surface area contributed by atoms with Gasteiger partial charge in [0, 0.05) is 0 Å². The van der Waals surface area contributed by atoms with Crippen LogP contribution in [0.3, 0.4) is 0 Å². The molecule has 2 aromatic rings. The lowest BCUT2D eigenvalue weighted by Crippen LogP contribution is -2.34. The highest BCUT2D eigenvalue weighted by Crippen LogP contribution is 2.03. The van der Waals surface area contributed by atoms with E-state index in [9.17, 15) is 14.4 Å². The van der Waals surface area contributed by atoms with Crippen molar-refractivity contribution in [1.82, 2.24) is 0 Å². The first kappa shape index (κ1) is 22.8. The van der Waals surface area contributed by atoms with Crippen LogP contribution in [-0.4, -0.2) is 40.2 Å². The van der Waals surface area contributed by atoms with Gasteiger partial charge in [-0.05, 0) is 17.5 Å². The molecule has 6 N–H and O–H groups in total. The highest BCUT2D eigenvalue weighted by atomic mass is 16.5. The van der Waals surface area contributed by atoms with Gasteiger partial charge in [0.05, 0.1) is 6.42 Å². The summed E-state index contributed by atoms with van der Waals surface area (Å²) < 4.78 is 4.86. The number of hydrogen-bond donors (Lipinski definition) is 4. The Hall–Kier alpha value is -3.23. The van der Waals surface area contributed by atoms with Crippen molar-refractivity contribution in [2.24, 2.45) is 11.5 Å². The molecular formula is C20H24N2O6. The van der Waals surface area contributed by atoms with Crippen LogP contribution < -0.4 is 11.5 Å². The van der Waals surface area contributed by atoms with Crippen LogP contribution in [0.1, 0.15) is 17.5 Å². The second kappa shape index (κ2) is 12.2. The molecule has 0 bridgehead atoms. The van der Waals surface area contributed by atoms with Crippen LogP contribution in [0.2, 0.25) is 0 Å². The van der Waals surface area contributed by atoms with Gasteiger partial charge in [0.1, 0.15) is 18.7 Å². The summed E-state index contributed by atoms with van der Waals surface area (Å²) in [5.41, 5.74) is 12.5. The third kappa shape index (κ3) is 9.46. The van der Waals surface area contributed by atoms with Crippen molar-refractivity contribution in [2.45, 2.75) is 31.5 Å². The van der Waals surface area contributed by atoms with Gasteiger partial charge >= 0.3 is 17.9 Å². The first-order valence-electron chi connectivity index (χ1n) is 8.49. The topological polar surface area (TPSA) is 153 Å². The van der Waals surface area contributed by atoms with Gasteiger partial charge < -0.3 is 26.4 Å². The van der Waals surface area contributed by atoms with E-state index in [-0.39, 0.29) is 6.61 Å². The molecule has 8 nitrogen and oxygen atoms in total. The largest absolute Gasteiger partial charge is 0.481 e. The maximum Gasteiger partial charge on any atom is 0.323 e. The number of nitrogens with two attached hydrogens (primary N) is 2. The summed E-state index contributed by atoms with van der Waals surface area (Å²) in [7, 11) is 0. The van der Waals surface area contributed by atoms with E-state index >= 15 is 0 Å². The normalized spacial score (nSPS) is 12.1. The first-order valence-corrected chi connectivity index (χ1v) is 8.49. The molecule has 28 heavy (non-hydrogen) atoms. The molecule has 0 fully saturated rings. The Kier molecular flexibility index (Phi) is 9.95. The minimum atomic E-state index is -1.12. The first-order chi connectivity index (χ1) is 13.3. The maximum absolute atomic E-state index is 11.2. The lowest BCUT2D eigenvalue weighted by atomic mass is 10.1. The van der Waals surface area contributed by atoms with Gasteiger partial charge in [-0.15, -0.1) is 0 Å². The fourth-order valence-corrected chi connectivity index (χ4v) is 2.06. The molecule has 8 heteroatoms. The van der Waals surface area contributed by atoms with E-state index in [4.69, 9.17) is 26.4 Å². The summed E-state index contributed by atoms with van der Waals surface area (Å²) in [6.07, 6.45) is -0.0379. The number of ether oxygens (including phenoxy) is 1. The quantitative estimate of drug-likeness (QED) is 0.492. The molecule has 0 aliphatic heterocycles. The summed E-state index contributed by atoms with van der Waals surface area (Å²) in [6.45, 7) is 0.104. The average molecular weight is 388 g/mol. The van der Waals surface area contributed by atoms with Crippen molar-refractivity contribution in [2.75, 3.05) is 0 Å². The number of carboxylic acids is 2. The van der Waals surface area contributed by atoms with E-state index in [2.05, 4.69) is 0 Å². The highest BCUT2D eigenvalue weighted by molar-refractivity contribution is 5.81. The molecule has 2 rings (SSSR count). The molecule has 150 valence electrons. The molecule has 0 aliphatic carbocycles. The molecule has 0 spiro atoms. The Morgan fingerprint density at radius 1 is 0.821 bits per heavy atom. The number of carboxylic acid groups (broad SMARTS) is 2. The molecule has 0 aromatic heterocycles. The fourth-order valence-electron chi connectivity index (χ4n) is 2.06. The Morgan fingerprint density at radius 3 is 1.79 bits per heavy atom. The van der Waals surface area contributed by atoms with Gasteiger partial charge in [-0.3, -0.25) is 14.4 Å². The van der Waals surface area contributed by atoms with Crippen LogP contribution in [0.4, 0.5) is 0 Å². The van der Waals surface area contributed by atoms with Crippen molar-refractivity contribution in [1.29, 1.82) is 0 Å². The number of carbonyl (C=O) groups is 3. The predicted octanol–water partition coefficient (Wildman–Crippen LogP) is 1.17. The van der Waals surface area contributed by atoms with Crippen molar-refractivity contribution >= 4 is 17.9 Å². The lowest BCUT2D eigenvalue weighted by Gasteiger charge is -2.09. The number of rotatable bonds is 8. The van der Waals surface area contributed by atoms with E-state index in [0.29, 0.717) is 6.42 Å².